The molecule has 0 unspecified atom stereocenters. The molecule has 1 aliphatic rings. The Balaban J connectivity index is 2.03. The zero-order chi connectivity index (χ0) is 19.7. The zero-order valence-corrected chi connectivity index (χ0v) is 16.9. The minimum atomic E-state index is -0.147. The predicted molar refractivity (Wildman–Crippen MR) is 104 cm³/mol. The number of carbonyl (C=O) groups is 1. The Hall–Kier alpha value is -2.44. The van der Waals surface area contributed by atoms with Gasteiger partial charge in [-0.3, -0.25) is 14.2 Å². The molecule has 0 bridgehead atoms. The number of likely N-dealkylation sites (tertiary alicyclic amines) is 1. The molecule has 3 rings (SSSR count). The van der Waals surface area contributed by atoms with Crippen molar-refractivity contribution in [2.24, 2.45) is 5.92 Å². The lowest BCUT2D eigenvalue weighted by atomic mass is 9.99. The fourth-order valence-electron chi connectivity index (χ4n) is 3.72. The van der Waals surface area contributed by atoms with E-state index in [1.807, 2.05) is 38.7 Å². The summed E-state index contributed by atoms with van der Waals surface area (Å²) >= 11 is 0. The molecule has 1 saturated heterocycles. The van der Waals surface area contributed by atoms with Crippen LogP contribution in [0.3, 0.4) is 0 Å². The molecule has 0 saturated carbocycles. The zero-order valence-electron chi connectivity index (χ0n) is 16.9. The number of amides is 1. The van der Waals surface area contributed by atoms with Crippen LogP contribution in [0.4, 0.5) is 0 Å². The first-order valence-corrected chi connectivity index (χ1v) is 9.73. The van der Waals surface area contributed by atoms with Gasteiger partial charge in [0.2, 0.25) is 11.9 Å². The summed E-state index contributed by atoms with van der Waals surface area (Å²) in [5, 5.41) is 4.48. The van der Waals surface area contributed by atoms with Crippen LogP contribution < -0.4 is 5.56 Å². The van der Waals surface area contributed by atoms with Crippen LogP contribution in [0.15, 0.2) is 10.9 Å². The number of hydrogen-bond donors (Lipinski definition) is 0. The average molecular weight is 371 g/mol. The van der Waals surface area contributed by atoms with Crippen LogP contribution >= 0.6 is 0 Å². The Bertz CT molecular complexity index is 904. The second kappa shape index (κ2) is 7.66. The largest absolute Gasteiger partial charge is 0.341 e. The number of nitrogens with zero attached hydrogens (tertiary/aromatic N) is 5. The van der Waals surface area contributed by atoms with Crippen molar-refractivity contribution < 1.29 is 4.79 Å². The standard InChI is InChI=1S/C20H29N5O2/c1-6-17-16(5)21-20(25-15(4)11-14(3)22-25)24(19(17)27)12-18(26)23-9-7-13(2)8-10-23/h11,13H,6-10,12H2,1-5H3. The van der Waals surface area contributed by atoms with Crippen LogP contribution in [-0.2, 0) is 17.8 Å². The van der Waals surface area contributed by atoms with Crippen molar-refractivity contribution in [3.05, 3.63) is 39.1 Å². The maximum absolute atomic E-state index is 13.1. The van der Waals surface area contributed by atoms with E-state index in [-0.39, 0.29) is 18.0 Å². The molecule has 7 nitrogen and oxygen atoms in total. The SMILES string of the molecule is CCc1c(C)nc(-n2nc(C)cc2C)n(CC(=O)N2CCC(C)CC2)c1=O. The number of piperidine rings is 1. The lowest BCUT2D eigenvalue weighted by Gasteiger charge is -2.30. The first kappa shape index (κ1) is 19.3. The predicted octanol–water partition coefficient (Wildman–Crippen LogP) is 2.18. The summed E-state index contributed by atoms with van der Waals surface area (Å²) in [6, 6.07) is 1.94. The summed E-state index contributed by atoms with van der Waals surface area (Å²) in [4.78, 5) is 32.5. The molecular weight excluding hydrogens is 342 g/mol. The van der Waals surface area contributed by atoms with Gasteiger partial charge in [-0.1, -0.05) is 13.8 Å². The third kappa shape index (κ3) is 3.82. The Morgan fingerprint density at radius 3 is 2.44 bits per heavy atom. The highest BCUT2D eigenvalue weighted by atomic mass is 16.2. The molecule has 0 spiro atoms. The maximum atomic E-state index is 13.1. The van der Waals surface area contributed by atoms with E-state index in [0.29, 0.717) is 29.5 Å². The third-order valence-corrected chi connectivity index (χ3v) is 5.43. The Morgan fingerprint density at radius 1 is 1.22 bits per heavy atom. The number of carbonyl (C=O) groups excluding carboxylic acids is 1. The van der Waals surface area contributed by atoms with E-state index in [2.05, 4.69) is 17.0 Å². The summed E-state index contributed by atoms with van der Waals surface area (Å²) in [5.41, 5.74) is 2.94. The summed E-state index contributed by atoms with van der Waals surface area (Å²) in [5.74, 6) is 1.04. The van der Waals surface area contributed by atoms with Crippen molar-refractivity contribution in [1.29, 1.82) is 0 Å². The van der Waals surface area contributed by atoms with E-state index < -0.39 is 0 Å². The molecule has 146 valence electrons. The van der Waals surface area contributed by atoms with Crippen LogP contribution in [0.1, 0.15) is 49.3 Å². The first-order chi connectivity index (χ1) is 12.8. The van der Waals surface area contributed by atoms with Gasteiger partial charge in [0.15, 0.2) is 0 Å². The molecule has 1 fully saturated rings. The number of aryl methyl sites for hydroxylation is 3. The molecule has 2 aromatic heterocycles. The van der Waals surface area contributed by atoms with E-state index >= 15 is 0 Å². The first-order valence-electron chi connectivity index (χ1n) is 9.73. The van der Waals surface area contributed by atoms with Gasteiger partial charge in [0.25, 0.3) is 5.56 Å². The highest BCUT2D eigenvalue weighted by Gasteiger charge is 2.24. The third-order valence-electron chi connectivity index (χ3n) is 5.43. The minimum absolute atomic E-state index is 0.00117. The van der Waals surface area contributed by atoms with Gasteiger partial charge in [0.05, 0.1) is 11.4 Å². The van der Waals surface area contributed by atoms with Crippen molar-refractivity contribution in [2.45, 2.75) is 60.4 Å². The summed E-state index contributed by atoms with van der Waals surface area (Å²) < 4.78 is 3.15. The van der Waals surface area contributed by atoms with Crippen LogP contribution in [-0.4, -0.2) is 43.2 Å². The molecule has 0 atom stereocenters. The molecule has 1 amide bonds. The fourth-order valence-corrected chi connectivity index (χ4v) is 3.72. The van der Waals surface area contributed by atoms with Gasteiger partial charge >= 0.3 is 0 Å². The molecule has 0 aliphatic carbocycles. The fraction of sp³-hybridized carbons (Fsp3) is 0.600. The Morgan fingerprint density at radius 2 is 1.89 bits per heavy atom. The van der Waals surface area contributed by atoms with Crippen LogP contribution in [0, 0.1) is 26.7 Å². The van der Waals surface area contributed by atoms with Crippen molar-refractivity contribution in [2.75, 3.05) is 13.1 Å². The van der Waals surface area contributed by atoms with Gasteiger partial charge in [-0.25, -0.2) is 9.67 Å². The van der Waals surface area contributed by atoms with Crippen LogP contribution in [0.25, 0.3) is 5.95 Å². The summed E-state index contributed by atoms with van der Waals surface area (Å²) in [7, 11) is 0. The Kier molecular flexibility index (Phi) is 5.48. The van der Waals surface area contributed by atoms with E-state index in [0.717, 1.165) is 37.3 Å². The molecule has 2 aromatic rings. The molecule has 0 aromatic carbocycles. The van der Waals surface area contributed by atoms with E-state index in [9.17, 15) is 9.59 Å². The van der Waals surface area contributed by atoms with Crippen LogP contribution in [0.5, 0.6) is 0 Å². The summed E-state index contributed by atoms with van der Waals surface area (Å²) in [6.45, 7) is 11.3. The highest BCUT2D eigenvalue weighted by Crippen LogP contribution is 2.17. The lowest BCUT2D eigenvalue weighted by Crippen LogP contribution is -2.42. The molecule has 1 aliphatic heterocycles. The average Bonchev–Trinajstić information content (AvgIpc) is 2.96. The molecule has 3 heterocycles. The molecule has 0 radical (unpaired) electrons. The lowest BCUT2D eigenvalue weighted by molar-refractivity contribution is -0.133. The van der Waals surface area contributed by atoms with E-state index in [1.165, 1.54) is 4.57 Å². The Labute approximate surface area is 160 Å². The van der Waals surface area contributed by atoms with Gasteiger partial charge in [-0.15, -0.1) is 0 Å². The minimum Gasteiger partial charge on any atom is -0.341 e. The second-order valence-electron chi connectivity index (χ2n) is 7.62. The topological polar surface area (TPSA) is 73.0 Å². The van der Waals surface area contributed by atoms with Gasteiger partial charge < -0.3 is 4.90 Å². The number of aromatic nitrogens is 4. The smallest absolute Gasteiger partial charge is 0.258 e. The maximum Gasteiger partial charge on any atom is 0.258 e. The van der Waals surface area contributed by atoms with Gasteiger partial charge in [-0.05, 0) is 52.0 Å². The van der Waals surface area contributed by atoms with Crippen molar-refractivity contribution >= 4 is 5.91 Å². The number of hydrogen-bond acceptors (Lipinski definition) is 4. The van der Waals surface area contributed by atoms with Crippen molar-refractivity contribution in [3.63, 3.8) is 0 Å². The second-order valence-corrected chi connectivity index (χ2v) is 7.62. The van der Waals surface area contributed by atoms with Gasteiger partial charge in [0, 0.05) is 24.3 Å². The van der Waals surface area contributed by atoms with E-state index in [1.54, 1.807) is 4.68 Å². The quantitative estimate of drug-likeness (QED) is 0.826. The number of rotatable bonds is 4. The summed E-state index contributed by atoms with van der Waals surface area (Å²) in [6.07, 6.45) is 2.61. The van der Waals surface area contributed by atoms with Crippen LogP contribution in [0.2, 0.25) is 0 Å². The van der Waals surface area contributed by atoms with Gasteiger partial charge in [-0.2, -0.15) is 5.10 Å². The molecule has 0 N–H and O–H groups in total. The highest BCUT2D eigenvalue weighted by molar-refractivity contribution is 5.76. The van der Waals surface area contributed by atoms with Crippen molar-refractivity contribution in [3.8, 4) is 5.95 Å². The van der Waals surface area contributed by atoms with Gasteiger partial charge in [0.1, 0.15) is 6.54 Å². The monoisotopic (exact) mass is 371 g/mol. The van der Waals surface area contributed by atoms with E-state index in [4.69, 9.17) is 0 Å². The van der Waals surface area contributed by atoms with Crippen molar-refractivity contribution in [1.82, 2.24) is 24.2 Å². The normalized spacial score (nSPS) is 15.4. The molecule has 27 heavy (non-hydrogen) atoms. The molecular formula is C20H29N5O2. The molecule has 7 heteroatoms.